The van der Waals surface area contributed by atoms with Crippen LogP contribution in [-0.2, 0) is 9.59 Å². The molecule has 0 aliphatic carbocycles. The van der Waals surface area contributed by atoms with Gasteiger partial charge in [0.15, 0.2) is 5.78 Å². The minimum absolute atomic E-state index is 0.000259. The van der Waals surface area contributed by atoms with E-state index >= 15 is 0 Å². The predicted octanol–water partition coefficient (Wildman–Crippen LogP) is 0.325. The number of aliphatic hydroxyl groups is 1. The molecule has 6 nitrogen and oxygen atoms in total. The van der Waals surface area contributed by atoms with Crippen LogP contribution in [0.5, 0.6) is 0 Å². The number of hydrogen-bond donors (Lipinski definition) is 3. The molecule has 1 atom stereocenters. The third kappa shape index (κ3) is 4.89. The highest BCUT2D eigenvalue weighted by atomic mass is 16.3. The molecule has 102 valence electrons. The fourth-order valence-electron chi connectivity index (χ4n) is 1.32. The van der Waals surface area contributed by atoms with Crippen LogP contribution in [0.3, 0.4) is 0 Å². The summed E-state index contributed by atoms with van der Waals surface area (Å²) in [5.74, 6) is -1.81. The van der Waals surface area contributed by atoms with Crippen molar-refractivity contribution in [1.29, 1.82) is 0 Å². The number of aliphatic hydroxyl groups excluding tert-OH is 1. The summed E-state index contributed by atoms with van der Waals surface area (Å²) in [6.45, 7) is 2.91. The summed E-state index contributed by atoms with van der Waals surface area (Å²) in [5.41, 5.74) is 0.812. The van der Waals surface area contributed by atoms with Crippen LogP contribution < -0.4 is 10.6 Å². The second kappa shape index (κ2) is 6.65. The Bertz CT molecular complexity index is 497. The summed E-state index contributed by atoms with van der Waals surface area (Å²) in [5, 5.41) is 13.6. The fourth-order valence-corrected chi connectivity index (χ4v) is 1.32. The maximum Gasteiger partial charge on any atom is 0.313 e. The molecule has 0 bridgehead atoms. The van der Waals surface area contributed by atoms with Gasteiger partial charge in [0.2, 0.25) is 0 Å². The number of carbonyl (C=O) groups is 3. The first-order valence-corrected chi connectivity index (χ1v) is 5.78. The van der Waals surface area contributed by atoms with Gasteiger partial charge in [-0.1, -0.05) is 12.1 Å². The van der Waals surface area contributed by atoms with Crippen LogP contribution >= 0.6 is 0 Å². The number of nitrogens with one attached hydrogen (secondary N) is 2. The van der Waals surface area contributed by atoms with Crippen molar-refractivity contribution < 1.29 is 19.5 Å². The minimum Gasteiger partial charge on any atom is -0.392 e. The minimum atomic E-state index is -0.846. The molecule has 0 aliphatic rings. The maximum absolute atomic E-state index is 11.5. The maximum atomic E-state index is 11.5. The van der Waals surface area contributed by atoms with E-state index in [2.05, 4.69) is 10.6 Å². The highest BCUT2D eigenvalue weighted by Gasteiger charge is 2.14. The molecule has 0 fully saturated rings. The van der Waals surface area contributed by atoms with Crippen LogP contribution in [0.4, 0.5) is 5.69 Å². The first-order valence-electron chi connectivity index (χ1n) is 5.78. The Labute approximate surface area is 110 Å². The molecule has 0 radical (unpaired) electrons. The number of benzene rings is 1. The summed E-state index contributed by atoms with van der Waals surface area (Å²) in [7, 11) is 0. The van der Waals surface area contributed by atoms with Crippen molar-refractivity contribution in [2.45, 2.75) is 20.0 Å². The monoisotopic (exact) mass is 264 g/mol. The lowest BCUT2D eigenvalue weighted by Gasteiger charge is -2.08. The summed E-state index contributed by atoms with van der Waals surface area (Å²) < 4.78 is 0. The van der Waals surface area contributed by atoms with Crippen molar-refractivity contribution in [2.75, 3.05) is 11.9 Å². The first-order chi connectivity index (χ1) is 8.90. The molecule has 0 aliphatic heterocycles. The van der Waals surface area contributed by atoms with Gasteiger partial charge in [-0.15, -0.1) is 0 Å². The second-order valence-corrected chi connectivity index (χ2v) is 4.15. The molecule has 0 heterocycles. The van der Waals surface area contributed by atoms with E-state index in [1.54, 1.807) is 18.2 Å². The topological polar surface area (TPSA) is 95.5 Å². The number of rotatable bonds is 4. The summed E-state index contributed by atoms with van der Waals surface area (Å²) in [6.07, 6.45) is -0.724. The van der Waals surface area contributed by atoms with E-state index in [1.165, 1.54) is 19.9 Å². The average molecular weight is 264 g/mol. The number of anilines is 1. The van der Waals surface area contributed by atoms with E-state index < -0.39 is 17.9 Å². The summed E-state index contributed by atoms with van der Waals surface area (Å²) >= 11 is 0. The molecule has 0 aromatic heterocycles. The molecule has 2 amide bonds. The molecule has 3 N–H and O–H groups in total. The molecule has 19 heavy (non-hydrogen) atoms. The average Bonchev–Trinajstić information content (AvgIpc) is 2.36. The zero-order valence-electron chi connectivity index (χ0n) is 10.8. The van der Waals surface area contributed by atoms with Crippen molar-refractivity contribution in [2.24, 2.45) is 0 Å². The van der Waals surface area contributed by atoms with Crippen molar-refractivity contribution in [3.63, 3.8) is 0 Å². The number of Topliss-reactive ketones (excluding diaryl/α,β-unsaturated/α-hetero) is 1. The lowest BCUT2D eigenvalue weighted by Crippen LogP contribution is -2.38. The van der Waals surface area contributed by atoms with Gasteiger partial charge in [-0.25, -0.2) is 0 Å². The van der Waals surface area contributed by atoms with Gasteiger partial charge >= 0.3 is 11.8 Å². The van der Waals surface area contributed by atoms with Crippen LogP contribution in [0.2, 0.25) is 0 Å². The van der Waals surface area contributed by atoms with E-state index in [0.29, 0.717) is 11.3 Å². The summed E-state index contributed by atoms with van der Waals surface area (Å²) in [6, 6.07) is 6.29. The Morgan fingerprint density at radius 2 is 1.95 bits per heavy atom. The van der Waals surface area contributed by atoms with E-state index in [0.717, 1.165) is 0 Å². The second-order valence-electron chi connectivity index (χ2n) is 4.15. The largest absolute Gasteiger partial charge is 0.392 e. The van der Waals surface area contributed by atoms with Gasteiger partial charge in [-0.05, 0) is 26.0 Å². The third-order valence-corrected chi connectivity index (χ3v) is 2.29. The number of carbonyl (C=O) groups excluding carboxylic acids is 3. The number of hydrogen-bond acceptors (Lipinski definition) is 4. The Morgan fingerprint density at radius 3 is 2.53 bits per heavy atom. The quantitative estimate of drug-likeness (QED) is 0.539. The van der Waals surface area contributed by atoms with E-state index in [9.17, 15) is 14.4 Å². The van der Waals surface area contributed by atoms with Crippen molar-refractivity contribution in [3.8, 4) is 0 Å². The Morgan fingerprint density at radius 1 is 1.26 bits per heavy atom. The van der Waals surface area contributed by atoms with Crippen LogP contribution in [-0.4, -0.2) is 35.4 Å². The normalized spacial score (nSPS) is 11.5. The van der Waals surface area contributed by atoms with Crippen molar-refractivity contribution in [1.82, 2.24) is 5.32 Å². The van der Waals surface area contributed by atoms with Gasteiger partial charge in [0, 0.05) is 17.8 Å². The molecule has 1 aromatic carbocycles. The van der Waals surface area contributed by atoms with E-state index in [1.807, 2.05) is 0 Å². The molecule has 0 saturated heterocycles. The molecule has 0 saturated carbocycles. The Hall–Kier alpha value is -2.21. The van der Waals surface area contributed by atoms with Gasteiger partial charge in [0.05, 0.1) is 6.10 Å². The van der Waals surface area contributed by atoms with Crippen LogP contribution in [0.1, 0.15) is 24.2 Å². The van der Waals surface area contributed by atoms with Gasteiger partial charge < -0.3 is 15.7 Å². The van der Waals surface area contributed by atoms with Gasteiger partial charge in [-0.2, -0.15) is 0 Å². The molecule has 6 heteroatoms. The molecule has 0 spiro atoms. The highest BCUT2D eigenvalue weighted by Crippen LogP contribution is 2.10. The summed E-state index contributed by atoms with van der Waals surface area (Å²) in [4.78, 5) is 34.1. The molecule has 1 unspecified atom stereocenters. The Kier molecular flexibility index (Phi) is 5.20. The Balaban J connectivity index is 2.64. The zero-order valence-corrected chi connectivity index (χ0v) is 10.8. The fraction of sp³-hybridized carbons (Fsp3) is 0.308. The lowest BCUT2D eigenvalue weighted by molar-refractivity contribution is -0.136. The van der Waals surface area contributed by atoms with Crippen LogP contribution in [0.25, 0.3) is 0 Å². The SMILES string of the molecule is CC(=O)c1cccc(NC(=O)C(=O)NCC(C)O)c1. The molecule has 1 aromatic rings. The van der Waals surface area contributed by atoms with Crippen molar-refractivity contribution in [3.05, 3.63) is 29.8 Å². The van der Waals surface area contributed by atoms with Gasteiger partial charge in [0.25, 0.3) is 0 Å². The number of ketones is 1. The smallest absolute Gasteiger partial charge is 0.313 e. The predicted molar refractivity (Wildman–Crippen MR) is 69.8 cm³/mol. The zero-order chi connectivity index (χ0) is 14.4. The van der Waals surface area contributed by atoms with Crippen molar-refractivity contribution >= 4 is 23.3 Å². The highest BCUT2D eigenvalue weighted by molar-refractivity contribution is 6.39. The lowest BCUT2D eigenvalue weighted by atomic mass is 10.1. The van der Waals surface area contributed by atoms with Crippen LogP contribution in [0, 0.1) is 0 Å². The van der Waals surface area contributed by atoms with Gasteiger partial charge in [-0.3, -0.25) is 14.4 Å². The third-order valence-electron chi connectivity index (χ3n) is 2.29. The van der Waals surface area contributed by atoms with Crippen LogP contribution in [0.15, 0.2) is 24.3 Å². The number of amides is 2. The molecular weight excluding hydrogens is 248 g/mol. The van der Waals surface area contributed by atoms with E-state index in [4.69, 9.17) is 5.11 Å². The molecular formula is C13H16N2O4. The standard InChI is InChI=1S/C13H16N2O4/c1-8(16)7-14-12(18)13(19)15-11-5-3-4-10(6-11)9(2)17/h3-6,8,16H,7H2,1-2H3,(H,14,18)(H,15,19). The first kappa shape index (κ1) is 14.8. The van der Waals surface area contributed by atoms with Gasteiger partial charge in [0.1, 0.15) is 0 Å². The van der Waals surface area contributed by atoms with E-state index in [-0.39, 0.29) is 12.3 Å². The molecule has 1 rings (SSSR count).